The molecule has 5 heteroatoms. The van der Waals surface area contributed by atoms with E-state index in [4.69, 9.17) is 5.11 Å². The lowest BCUT2D eigenvalue weighted by molar-refractivity contribution is -0.115. The summed E-state index contributed by atoms with van der Waals surface area (Å²) in [5, 5.41) is 14.8. The van der Waals surface area contributed by atoms with E-state index in [1.807, 2.05) is 30.3 Å². The van der Waals surface area contributed by atoms with Crippen LogP contribution in [0.2, 0.25) is 0 Å². The molecule has 0 heterocycles. The molecular formula is C22H20N2O3. The van der Waals surface area contributed by atoms with Crippen molar-refractivity contribution in [3.8, 4) is 0 Å². The Kier molecular flexibility index (Phi) is 5.97. The third kappa shape index (κ3) is 5.03. The van der Waals surface area contributed by atoms with Crippen LogP contribution in [0.15, 0.2) is 78.9 Å². The zero-order valence-corrected chi connectivity index (χ0v) is 14.7. The number of rotatable bonds is 6. The van der Waals surface area contributed by atoms with Crippen LogP contribution in [-0.4, -0.2) is 16.9 Å². The topological polar surface area (TPSA) is 78.4 Å². The Labute approximate surface area is 157 Å². The van der Waals surface area contributed by atoms with Crippen LogP contribution in [0.5, 0.6) is 0 Å². The van der Waals surface area contributed by atoms with Gasteiger partial charge in [-0.3, -0.25) is 9.59 Å². The van der Waals surface area contributed by atoms with Gasteiger partial charge in [-0.05, 0) is 35.4 Å². The van der Waals surface area contributed by atoms with E-state index >= 15 is 0 Å². The second kappa shape index (κ2) is 8.78. The van der Waals surface area contributed by atoms with Gasteiger partial charge < -0.3 is 15.7 Å². The van der Waals surface area contributed by atoms with Gasteiger partial charge in [-0.25, -0.2) is 0 Å². The van der Waals surface area contributed by atoms with Gasteiger partial charge in [-0.15, -0.1) is 0 Å². The molecule has 0 atom stereocenters. The van der Waals surface area contributed by atoms with Crippen LogP contribution in [0.4, 0.5) is 11.4 Å². The number of hydrogen-bond donors (Lipinski definition) is 3. The lowest BCUT2D eigenvalue weighted by atomic mass is 10.1. The highest BCUT2D eigenvalue weighted by atomic mass is 16.3. The van der Waals surface area contributed by atoms with E-state index in [1.54, 1.807) is 48.5 Å². The fourth-order valence-corrected chi connectivity index (χ4v) is 2.63. The molecule has 2 amide bonds. The van der Waals surface area contributed by atoms with Gasteiger partial charge in [-0.1, -0.05) is 54.6 Å². The van der Waals surface area contributed by atoms with Crippen LogP contribution in [0.25, 0.3) is 0 Å². The summed E-state index contributed by atoms with van der Waals surface area (Å²) in [6.45, 7) is -0.0713. The van der Waals surface area contributed by atoms with E-state index in [2.05, 4.69) is 10.6 Å². The maximum absolute atomic E-state index is 12.5. The number of amides is 2. The number of nitrogens with one attached hydrogen (secondary N) is 2. The minimum atomic E-state index is -0.288. The fraction of sp³-hybridized carbons (Fsp3) is 0.0909. The average Bonchev–Trinajstić information content (AvgIpc) is 2.70. The highest BCUT2D eigenvalue weighted by Gasteiger charge is 2.11. The molecule has 0 spiro atoms. The van der Waals surface area contributed by atoms with Crippen molar-refractivity contribution in [3.63, 3.8) is 0 Å². The molecule has 0 saturated heterocycles. The van der Waals surface area contributed by atoms with E-state index in [-0.39, 0.29) is 24.8 Å². The Morgan fingerprint density at radius 3 is 1.93 bits per heavy atom. The van der Waals surface area contributed by atoms with Gasteiger partial charge in [0.2, 0.25) is 5.91 Å². The molecule has 0 unspecified atom stereocenters. The van der Waals surface area contributed by atoms with Crippen LogP contribution in [-0.2, 0) is 17.8 Å². The molecule has 3 aromatic carbocycles. The minimum Gasteiger partial charge on any atom is -0.392 e. The molecule has 0 saturated carbocycles. The molecule has 27 heavy (non-hydrogen) atoms. The Balaban J connectivity index is 1.69. The second-order valence-electron chi connectivity index (χ2n) is 6.07. The molecule has 5 nitrogen and oxygen atoms in total. The molecular weight excluding hydrogens is 340 g/mol. The van der Waals surface area contributed by atoms with Crippen molar-refractivity contribution in [1.29, 1.82) is 0 Å². The van der Waals surface area contributed by atoms with Crippen LogP contribution in [0.1, 0.15) is 21.5 Å². The predicted octanol–water partition coefficient (Wildman–Crippen LogP) is 3.61. The number of carbonyl (C=O) groups is 2. The summed E-state index contributed by atoms with van der Waals surface area (Å²) in [6, 6.07) is 23.2. The summed E-state index contributed by atoms with van der Waals surface area (Å²) in [4.78, 5) is 24.8. The first-order chi connectivity index (χ1) is 13.2. The number of anilines is 2. The highest BCUT2D eigenvalue weighted by molar-refractivity contribution is 6.07. The number of para-hydroxylation sites is 2. The normalized spacial score (nSPS) is 10.3. The summed E-state index contributed by atoms with van der Waals surface area (Å²) < 4.78 is 0. The van der Waals surface area contributed by atoms with E-state index in [1.165, 1.54) is 0 Å². The first-order valence-electron chi connectivity index (χ1n) is 8.59. The molecule has 0 aliphatic rings. The van der Waals surface area contributed by atoms with Crippen LogP contribution in [0, 0.1) is 0 Å². The summed E-state index contributed by atoms with van der Waals surface area (Å²) in [5.74, 6) is -0.445. The summed E-state index contributed by atoms with van der Waals surface area (Å²) in [5.41, 5.74) is 3.19. The molecule has 3 aromatic rings. The molecule has 0 bridgehead atoms. The zero-order valence-electron chi connectivity index (χ0n) is 14.7. The van der Waals surface area contributed by atoms with Gasteiger partial charge >= 0.3 is 0 Å². The van der Waals surface area contributed by atoms with Crippen molar-refractivity contribution in [1.82, 2.24) is 0 Å². The number of carbonyl (C=O) groups excluding carboxylic acids is 2. The van der Waals surface area contributed by atoms with Gasteiger partial charge in [0.15, 0.2) is 0 Å². The highest BCUT2D eigenvalue weighted by Crippen LogP contribution is 2.22. The second-order valence-corrected chi connectivity index (χ2v) is 6.07. The standard InChI is InChI=1S/C22H20N2O3/c25-15-17-10-12-18(13-11-17)22(27)24-20-9-5-4-8-19(20)23-21(26)14-16-6-2-1-3-7-16/h1-13,25H,14-15H2,(H,23,26)(H,24,27). The first kappa shape index (κ1) is 18.4. The van der Waals surface area contributed by atoms with E-state index < -0.39 is 0 Å². The lowest BCUT2D eigenvalue weighted by Crippen LogP contribution is -2.18. The van der Waals surface area contributed by atoms with E-state index in [0.29, 0.717) is 16.9 Å². The maximum atomic E-state index is 12.5. The van der Waals surface area contributed by atoms with Gasteiger partial charge in [0.05, 0.1) is 24.4 Å². The molecule has 3 N–H and O–H groups in total. The number of aliphatic hydroxyl groups is 1. The molecule has 136 valence electrons. The Hall–Kier alpha value is -3.44. The van der Waals surface area contributed by atoms with E-state index in [0.717, 1.165) is 11.1 Å². The molecule has 0 aromatic heterocycles. The Morgan fingerprint density at radius 2 is 1.30 bits per heavy atom. The maximum Gasteiger partial charge on any atom is 0.255 e. The van der Waals surface area contributed by atoms with Gasteiger partial charge in [0.1, 0.15) is 0 Å². The molecule has 0 aliphatic heterocycles. The smallest absolute Gasteiger partial charge is 0.255 e. The quantitative estimate of drug-likeness (QED) is 0.628. The third-order valence-electron chi connectivity index (χ3n) is 4.06. The van der Waals surface area contributed by atoms with Gasteiger partial charge in [0, 0.05) is 5.56 Å². The van der Waals surface area contributed by atoms with Crippen LogP contribution in [0.3, 0.4) is 0 Å². The fourth-order valence-electron chi connectivity index (χ4n) is 2.63. The van der Waals surface area contributed by atoms with Gasteiger partial charge in [0.25, 0.3) is 5.91 Å². The van der Waals surface area contributed by atoms with Crippen molar-refractivity contribution in [2.24, 2.45) is 0 Å². The van der Waals surface area contributed by atoms with Crippen LogP contribution >= 0.6 is 0 Å². The SMILES string of the molecule is O=C(Cc1ccccc1)Nc1ccccc1NC(=O)c1ccc(CO)cc1. The monoisotopic (exact) mass is 360 g/mol. The van der Waals surface area contributed by atoms with Crippen molar-refractivity contribution < 1.29 is 14.7 Å². The molecule has 0 radical (unpaired) electrons. The summed E-state index contributed by atoms with van der Waals surface area (Å²) >= 11 is 0. The Bertz CT molecular complexity index is 922. The van der Waals surface area contributed by atoms with Crippen molar-refractivity contribution in [2.75, 3.05) is 10.6 Å². The van der Waals surface area contributed by atoms with Crippen molar-refractivity contribution >= 4 is 23.2 Å². The zero-order chi connectivity index (χ0) is 19.1. The number of benzene rings is 3. The van der Waals surface area contributed by atoms with Crippen LogP contribution < -0.4 is 10.6 Å². The van der Waals surface area contributed by atoms with E-state index in [9.17, 15) is 9.59 Å². The number of hydrogen-bond acceptors (Lipinski definition) is 3. The average molecular weight is 360 g/mol. The Morgan fingerprint density at radius 1 is 0.704 bits per heavy atom. The summed E-state index contributed by atoms with van der Waals surface area (Å²) in [6.07, 6.45) is 0.256. The predicted molar refractivity (Wildman–Crippen MR) is 106 cm³/mol. The molecule has 0 fully saturated rings. The minimum absolute atomic E-state index is 0.0713. The third-order valence-corrected chi connectivity index (χ3v) is 4.06. The lowest BCUT2D eigenvalue weighted by Gasteiger charge is -2.12. The molecule has 3 rings (SSSR count). The van der Waals surface area contributed by atoms with Gasteiger partial charge in [-0.2, -0.15) is 0 Å². The molecule has 0 aliphatic carbocycles. The summed E-state index contributed by atoms with van der Waals surface area (Å²) in [7, 11) is 0. The first-order valence-corrected chi connectivity index (χ1v) is 8.59. The largest absolute Gasteiger partial charge is 0.392 e. The number of aliphatic hydroxyl groups excluding tert-OH is 1. The van der Waals surface area contributed by atoms with Crippen molar-refractivity contribution in [2.45, 2.75) is 13.0 Å². The van der Waals surface area contributed by atoms with Crippen molar-refractivity contribution in [3.05, 3.63) is 95.6 Å².